The molecular weight excluding hydrogens is 258 g/mol. The van der Waals surface area contributed by atoms with Gasteiger partial charge in [-0.25, -0.2) is 0 Å². The topological polar surface area (TPSA) is 38.3 Å². The van der Waals surface area contributed by atoms with Crippen molar-refractivity contribution in [3.63, 3.8) is 0 Å². The Balaban J connectivity index is 1.98. The first kappa shape index (κ1) is 13.8. The van der Waals surface area contributed by atoms with Crippen molar-refractivity contribution < 1.29 is 9.53 Å². The van der Waals surface area contributed by atoms with Crippen LogP contribution in [0.5, 0.6) is 0 Å². The molecule has 0 saturated carbocycles. The maximum atomic E-state index is 12.1. The first-order valence-corrected chi connectivity index (χ1v) is 7.05. The summed E-state index contributed by atoms with van der Waals surface area (Å²) in [6.07, 6.45) is -0.0979. The molecule has 1 aromatic heterocycles. The number of thiophene rings is 1. The third kappa shape index (κ3) is 3.43. The van der Waals surface area contributed by atoms with E-state index in [0.29, 0.717) is 12.1 Å². The van der Waals surface area contributed by atoms with Crippen LogP contribution in [-0.2, 0) is 4.74 Å². The van der Waals surface area contributed by atoms with E-state index < -0.39 is 0 Å². The molecule has 0 aliphatic carbocycles. The highest BCUT2D eigenvalue weighted by Gasteiger charge is 2.14. The minimum absolute atomic E-state index is 0.0598. The molecule has 1 N–H and O–H groups in total. The molecule has 0 radical (unpaired) electrons. The van der Waals surface area contributed by atoms with E-state index in [2.05, 4.69) is 5.32 Å². The monoisotopic (exact) mass is 275 g/mol. The van der Waals surface area contributed by atoms with E-state index in [9.17, 15) is 4.79 Å². The van der Waals surface area contributed by atoms with Crippen molar-refractivity contribution in [3.05, 3.63) is 57.8 Å². The first-order chi connectivity index (χ1) is 9.22. The van der Waals surface area contributed by atoms with Gasteiger partial charge in [-0.05, 0) is 40.9 Å². The van der Waals surface area contributed by atoms with Crippen LogP contribution in [0.1, 0.15) is 27.6 Å². The van der Waals surface area contributed by atoms with Crippen LogP contribution >= 0.6 is 11.3 Å². The fourth-order valence-corrected chi connectivity index (χ4v) is 2.61. The van der Waals surface area contributed by atoms with E-state index in [4.69, 9.17) is 4.74 Å². The summed E-state index contributed by atoms with van der Waals surface area (Å²) in [6.45, 7) is 2.40. The zero-order valence-corrected chi connectivity index (χ0v) is 11.9. The van der Waals surface area contributed by atoms with Gasteiger partial charge in [-0.15, -0.1) is 0 Å². The second-order valence-corrected chi connectivity index (χ2v) is 5.09. The SMILES string of the molecule is COC(CNC(=O)c1ccccc1C)c1ccsc1. The van der Waals surface area contributed by atoms with Gasteiger partial charge in [0.25, 0.3) is 5.91 Å². The molecule has 1 heterocycles. The first-order valence-electron chi connectivity index (χ1n) is 6.11. The third-order valence-corrected chi connectivity index (χ3v) is 3.74. The van der Waals surface area contributed by atoms with Gasteiger partial charge in [-0.1, -0.05) is 18.2 Å². The molecular formula is C15H17NO2S. The van der Waals surface area contributed by atoms with Crippen LogP contribution in [0, 0.1) is 6.92 Å². The van der Waals surface area contributed by atoms with E-state index in [1.165, 1.54) is 0 Å². The molecule has 0 aliphatic rings. The highest BCUT2D eigenvalue weighted by Crippen LogP contribution is 2.18. The minimum atomic E-state index is -0.0979. The average molecular weight is 275 g/mol. The van der Waals surface area contributed by atoms with Crippen LogP contribution in [0.2, 0.25) is 0 Å². The number of carbonyl (C=O) groups excluding carboxylic acids is 1. The Hall–Kier alpha value is -1.65. The number of ether oxygens (including phenoxy) is 1. The molecule has 0 aliphatic heterocycles. The van der Waals surface area contributed by atoms with Crippen LogP contribution < -0.4 is 5.32 Å². The van der Waals surface area contributed by atoms with Gasteiger partial charge in [-0.2, -0.15) is 11.3 Å². The second kappa shape index (κ2) is 6.50. The van der Waals surface area contributed by atoms with Crippen LogP contribution in [0.3, 0.4) is 0 Å². The van der Waals surface area contributed by atoms with E-state index >= 15 is 0 Å². The molecule has 4 heteroatoms. The number of amides is 1. The maximum Gasteiger partial charge on any atom is 0.251 e. The molecule has 100 valence electrons. The molecule has 0 saturated heterocycles. The Kier molecular flexibility index (Phi) is 4.71. The highest BCUT2D eigenvalue weighted by atomic mass is 32.1. The van der Waals surface area contributed by atoms with Crippen molar-refractivity contribution >= 4 is 17.2 Å². The number of methoxy groups -OCH3 is 1. The van der Waals surface area contributed by atoms with Crippen LogP contribution in [0.15, 0.2) is 41.1 Å². The van der Waals surface area contributed by atoms with Crippen molar-refractivity contribution in [1.82, 2.24) is 5.32 Å². The van der Waals surface area contributed by atoms with Crippen molar-refractivity contribution in [2.24, 2.45) is 0 Å². The Morgan fingerprint density at radius 1 is 1.37 bits per heavy atom. The third-order valence-electron chi connectivity index (χ3n) is 3.04. The lowest BCUT2D eigenvalue weighted by atomic mass is 10.1. The molecule has 0 spiro atoms. The Morgan fingerprint density at radius 3 is 2.79 bits per heavy atom. The predicted molar refractivity (Wildman–Crippen MR) is 77.6 cm³/mol. The zero-order chi connectivity index (χ0) is 13.7. The van der Waals surface area contributed by atoms with Gasteiger partial charge in [0.1, 0.15) is 6.10 Å². The number of nitrogens with one attached hydrogen (secondary N) is 1. The smallest absolute Gasteiger partial charge is 0.251 e. The number of rotatable bonds is 5. The van der Waals surface area contributed by atoms with Crippen LogP contribution in [-0.4, -0.2) is 19.6 Å². The molecule has 0 bridgehead atoms. The molecule has 1 unspecified atom stereocenters. The van der Waals surface area contributed by atoms with Gasteiger partial charge in [-0.3, -0.25) is 4.79 Å². The lowest BCUT2D eigenvalue weighted by Gasteiger charge is -2.15. The maximum absolute atomic E-state index is 12.1. The normalized spacial score (nSPS) is 12.1. The summed E-state index contributed by atoms with van der Waals surface area (Å²) < 4.78 is 5.40. The van der Waals surface area contributed by atoms with E-state index in [-0.39, 0.29) is 12.0 Å². The number of carbonyl (C=O) groups is 1. The summed E-state index contributed by atoms with van der Waals surface area (Å²) in [7, 11) is 1.66. The molecule has 1 aromatic carbocycles. The molecule has 19 heavy (non-hydrogen) atoms. The molecule has 2 rings (SSSR count). The molecule has 0 fully saturated rings. The Morgan fingerprint density at radius 2 is 2.16 bits per heavy atom. The number of benzene rings is 1. The second-order valence-electron chi connectivity index (χ2n) is 4.31. The largest absolute Gasteiger partial charge is 0.375 e. The van der Waals surface area contributed by atoms with Crippen molar-refractivity contribution in [2.75, 3.05) is 13.7 Å². The van der Waals surface area contributed by atoms with Gasteiger partial charge in [0.15, 0.2) is 0 Å². The minimum Gasteiger partial charge on any atom is -0.375 e. The lowest BCUT2D eigenvalue weighted by molar-refractivity contribution is 0.0828. The predicted octanol–water partition coefficient (Wildman–Crippen LogP) is 3.17. The fraction of sp³-hybridized carbons (Fsp3) is 0.267. The van der Waals surface area contributed by atoms with Gasteiger partial charge in [0, 0.05) is 19.2 Å². The molecule has 1 atom stereocenters. The quantitative estimate of drug-likeness (QED) is 0.910. The van der Waals surface area contributed by atoms with Crippen LogP contribution in [0.25, 0.3) is 0 Å². The lowest BCUT2D eigenvalue weighted by Crippen LogP contribution is -2.29. The van der Waals surface area contributed by atoms with Gasteiger partial charge < -0.3 is 10.1 Å². The standard InChI is InChI=1S/C15H17NO2S/c1-11-5-3-4-6-13(11)15(17)16-9-14(18-2)12-7-8-19-10-12/h3-8,10,14H,9H2,1-2H3,(H,16,17). The zero-order valence-electron chi connectivity index (χ0n) is 11.1. The number of hydrogen-bond donors (Lipinski definition) is 1. The Bertz CT molecular complexity index is 537. The van der Waals surface area contributed by atoms with E-state index in [1.807, 2.05) is 48.0 Å². The van der Waals surface area contributed by atoms with Crippen molar-refractivity contribution in [2.45, 2.75) is 13.0 Å². The summed E-state index contributed by atoms with van der Waals surface area (Å²) in [4.78, 5) is 12.1. The summed E-state index contributed by atoms with van der Waals surface area (Å²) >= 11 is 1.62. The fourth-order valence-electron chi connectivity index (χ4n) is 1.90. The summed E-state index contributed by atoms with van der Waals surface area (Å²) in [5.41, 5.74) is 2.78. The summed E-state index contributed by atoms with van der Waals surface area (Å²) in [5, 5.41) is 6.96. The van der Waals surface area contributed by atoms with Crippen molar-refractivity contribution in [3.8, 4) is 0 Å². The van der Waals surface area contributed by atoms with Crippen molar-refractivity contribution in [1.29, 1.82) is 0 Å². The number of hydrogen-bond acceptors (Lipinski definition) is 3. The molecule has 1 amide bonds. The summed E-state index contributed by atoms with van der Waals surface area (Å²) in [5.74, 6) is -0.0598. The van der Waals surface area contributed by atoms with Crippen LogP contribution in [0.4, 0.5) is 0 Å². The number of aryl methyl sites for hydroxylation is 1. The average Bonchev–Trinajstić information content (AvgIpc) is 2.94. The van der Waals surface area contributed by atoms with Gasteiger partial charge in [0.2, 0.25) is 0 Å². The van der Waals surface area contributed by atoms with E-state index in [0.717, 1.165) is 11.1 Å². The highest BCUT2D eigenvalue weighted by molar-refractivity contribution is 7.07. The molecule has 2 aromatic rings. The van der Waals surface area contributed by atoms with E-state index in [1.54, 1.807) is 18.4 Å². The van der Waals surface area contributed by atoms with Gasteiger partial charge >= 0.3 is 0 Å². The Labute approximate surface area is 117 Å². The molecule has 3 nitrogen and oxygen atoms in total. The summed E-state index contributed by atoms with van der Waals surface area (Å²) in [6, 6.07) is 9.57. The van der Waals surface area contributed by atoms with Gasteiger partial charge in [0.05, 0.1) is 0 Å².